The van der Waals surface area contributed by atoms with E-state index in [1.165, 1.54) is 57.1 Å². The first kappa shape index (κ1) is 11.3. The lowest BCUT2D eigenvalue weighted by Crippen LogP contribution is -2.02. The molecule has 0 heterocycles. The molecule has 0 aromatic heterocycles. The predicted molar refractivity (Wildman–Crippen MR) is 91.0 cm³/mol. The van der Waals surface area contributed by atoms with Crippen molar-refractivity contribution in [2.45, 2.75) is 19.3 Å². The highest BCUT2D eigenvalue weighted by molar-refractivity contribution is 6.14. The summed E-state index contributed by atoms with van der Waals surface area (Å²) in [6.07, 6.45) is 3.71. The van der Waals surface area contributed by atoms with E-state index in [0.717, 1.165) is 0 Å². The van der Waals surface area contributed by atoms with Gasteiger partial charge in [-0.2, -0.15) is 0 Å². The van der Waals surface area contributed by atoms with Gasteiger partial charge in [-0.1, -0.05) is 54.6 Å². The van der Waals surface area contributed by atoms with E-state index in [9.17, 15) is 0 Å². The van der Waals surface area contributed by atoms with E-state index < -0.39 is 0 Å². The van der Waals surface area contributed by atoms with Crippen molar-refractivity contribution in [2.24, 2.45) is 0 Å². The van der Waals surface area contributed by atoms with Crippen LogP contribution in [0.2, 0.25) is 0 Å². The third kappa shape index (κ3) is 1.50. The molecule has 100 valence electrons. The number of hydrogen-bond donors (Lipinski definition) is 0. The minimum absolute atomic E-state index is 1.21. The van der Waals surface area contributed by atoms with Crippen molar-refractivity contribution >= 4 is 32.3 Å². The van der Waals surface area contributed by atoms with Crippen molar-refractivity contribution in [1.82, 2.24) is 0 Å². The van der Waals surface area contributed by atoms with E-state index in [4.69, 9.17) is 0 Å². The molecule has 5 rings (SSSR count). The first-order valence-corrected chi connectivity index (χ1v) is 7.77. The van der Waals surface area contributed by atoms with Gasteiger partial charge in [0.15, 0.2) is 0 Å². The molecule has 0 saturated carbocycles. The molecule has 0 nitrogen and oxygen atoms in total. The Balaban J connectivity index is 2.08. The fourth-order valence-corrected chi connectivity index (χ4v) is 4.04. The largest absolute Gasteiger partial charge is 0.0616 e. The Morgan fingerprint density at radius 1 is 0.619 bits per heavy atom. The average Bonchev–Trinajstić information content (AvgIpc) is 2.55. The van der Waals surface area contributed by atoms with Crippen LogP contribution in [0.4, 0.5) is 0 Å². The van der Waals surface area contributed by atoms with Crippen LogP contribution in [-0.4, -0.2) is 0 Å². The van der Waals surface area contributed by atoms with Gasteiger partial charge < -0.3 is 0 Å². The van der Waals surface area contributed by atoms with Crippen LogP contribution >= 0.6 is 0 Å². The molecule has 21 heavy (non-hydrogen) atoms. The number of fused-ring (bicyclic) bond motifs is 4. The molecule has 4 aromatic rings. The Morgan fingerprint density at radius 3 is 2.52 bits per heavy atom. The molecule has 0 bridgehead atoms. The standard InChI is InChI=1S/C21H16/c1-2-9-17-14(5-1)11-12-18-19-10-4-7-15-6-3-8-16(21(15)19)13-20(17)18/h1-3,5-6,8-9,11-13H,4,7,10H2. The van der Waals surface area contributed by atoms with Crippen LogP contribution < -0.4 is 0 Å². The average molecular weight is 268 g/mol. The van der Waals surface area contributed by atoms with Crippen LogP contribution in [0.5, 0.6) is 0 Å². The second kappa shape index (κ2) is 4.08. The van der Waals surface area contributed by atoms with Gasteiger partial charge in [-0.3, -0.25) is 0 Å². The van der Waals surface area contributed by atoms with Crippen molar-refractivity contribution in [2.75, 3.05) is 0 Å². The molecule has 0 amide bonds. The molecule has 1 aliphatic carbocycles. The van der Waals surface area contributed by atoms with Gasteiger partial charge in [0, 0.05) is 0 Å². The summed E-state index contributed by atoms with van der Waals surface area (Å²) in [7, 11) is 0. The van der Waals surface area contributed by atoms with Crippen molar-refractivity contribution in [1.29, 1.82) is 0 Å². The molecular formula is C21H16. The van der Waals surface area contributed by atoms with Crippen LogP contribution in [0.25, 0.3) is 32.3 Å². The number of aryl methyl sites for hydroxylation is 2. The molecule has 1 aliphatic rings. The molecule has 0 atom stereocenters. The lowest BCUT2D eigenvalue weighted by Gasteiger charge is -2.20. The first-order valence-electron chi connectivity index (χ1n) is 7.77. The zero-order valence-corrected chi connectivity index (χ0v) is 11.9. The Kier molecular flexibility index (Phi) is 2.20. The maximum atomic E-state index is 2.39. The van der Waals surface area contributed by atoms with E-state index in [1.54, 1.807) is 5.56 Å². The summed E-state index contributed by atoms with van der Waals surface area (Å²) in [5.41, 5.74) is 3.10. The number of rotatable bonds is 0. The molecule has 0 spiro atoms. The van der Waals surface area contributed by atoms with Gasteiger partial charge in [0.25, 0.3) is 0 Å². The topological polar surface area (TPSA) is 0 Å². The maximum absolute atomic E-state index is 2.39. The molecule has 0 N–H and O–H groups in total. The van der Waals surface area contributed by atoms with Gasteiger partial charge in [-0.15, -0.1) is 0 Å². The van der Waals surface area contributed by atoms with Gasteiger partial charge in [0.1, 0.15) is 0 Å². The van der Waals surface area contributed by atoms with E-state index in [2.05, 4.69) is 60.7 Å². The molecule has 0 fully saturated rings. The van der Waals surface area contributed by atoms with Crippen molar-refractivity contribution < 1.29 is 0 Å². The molecular weight excluding hydrogens is 252 g/mol. The highest BCUT2D eigenvalue weighted by Gasteiger charge is 2.16. The fraction of sp³-hybridized carbons (Fsp3) is 0.143. The van der Waals surface area contributed by atoms with E-state index in [-0.39, 0.29) is 0 Å². The van der Waals surface area contributed by atoms with Gasteiger partial charge in [0.2, 0.25) is 0 Å². The quantitative estimate of drug-likeness (QED) is 0.286. The molecule has 0 saturated heterocycles. The third-order valence-electron chi connectivity index (χ3n) is 4.95. The molecule has 0 unspecified atom stereocenters. The van der Waals surface area contributed by atoms with Gasteiger partial charge in [-0.05, 0) is 68.8 Å². The Bertz CT molecular complexity index is 1010. The molecule has 4 aromatic carbocycles. The summed E-state index contributed by atoms with van der Waals surface area (Å²) in [6, 6.07) is 22.5. The fourth-order valence-electron chi connectivity index (χ4n) is 4.04. The van der Waals surface area contributed by atoms with Gasteiger partial charge in [0.05, 0.1) is 0 Å². The summed E-state index contributed by atoms with van der Waals surface area (Å²) < 4.78 is 0. The van der Waals surface area contributed by atoms with E-state index >= 15 is 0 Å². The summed E-state index contributed by atoms with van der Waals surface area (Å²) in [5, 5.41) is 8.51. The highest BCUT2D eigenvalue weighted by Crippen LogP contribution is 2.37. The maximum Gasteiger partial charge on any atom is -0.00962 e. The summed E-state index contributed by atoms with van der Waals surface area (Å²) in [6.45, 7) is 0. The van der Waals surface area contributed by atoms with E-state index in [1.807, 2.05) is 0 Å². The zero-order valence-electron chi connectivity index (χ0n) is 11.9. The summed E-state index contributed by atoms with van der Waals surface area (Å²) in [5.74, 6) is 0. The summed E-state index contributed by atoms with van der Waals surface area (Å²) in [4.78, 5) is 0. The van der Waals surface area contributed by atoms with E-state index in [0.29, 0.717) is 0 Å². The second-order valence-corrected chi connectivity index (χ2v) is 6.11. The smallest absolute Gasteiger partial charge is 0.00962 e. The monoisotopic (exact) mass is 268 g/mol. The Hall–Kier alpha value is -2.34. The molecule has 0 heteroatoms. The second-order valence-electron chi connectivity index (χ2n) is 6.11. The van der Waals surface area contributed by atoms with Crippen molar-refractivity contribution in [3.8, 4) is 0 Å². The SMILES string of the molecule is c1cc2c3c(c4ccc5ccccc5c4cc3c1)CCC2. The van der Waals surface area contributed by atoms with Crippen LogP contribution in [0.3, 0.4) is 0 Å². The van der Waals surface area contributed by atoms with Crippen molar-refractivity contribution in [3.63, 3.8) is 0 Å². The number of hydrogen-bond acceptors (Lipinski definition) is 0. The predicted octanol–water partition coefficient (Wildman–Crippen LogP) is 5.63. The Labute approximate surface area is 124 Å². The minimum atomic E-state index is 1.21. The van der Waals surface area contributed by atoms with Crippen LogP contribution in [0.15, 0.2) is 60.7 Å². The van der Waals surface area contributed by atoms with Crippen LogP contribution in [0.1, 0.15) is 17.5 Å². The van der Waals surface area contributed by atoms with Crippen molar-refractivity contribution in [3.05, 3.63) is 71.8 Å². The van der Waals surface area contributed by atoms with Gasteiger partial charge in [-0.25, -0.2) is 0 Å². The third-order valence-corrected chi connectivity index (χ3v) is 4.95. The lowest BCUT2D eigenvalue weighted by atomic mass is 9.84. The first-order chi connectivity index (χ1) is 10.4. The van der Waals surface area contributed by atoms with Crippen LogP contribution in [-0.2, 0) is 12.8 Å². The number of benzene rings is 4. The van der Waals surface area contributed by atoms with Crippen LogP contribution in [0, 0.1) is 0 Å². The normalized spacial score (nSPS) is 14.1. The van der Waals surface area contributed by atoms with Gasteiger partial charge >= 0.3 is 0 Å². The molecule has 0 radical (unpaired) electrons. The molecule has 0 aliphatic heterocycles. The lowest BCUT2D eigenvalue weighted by molar-refractivity contribution is 0.813. The Morgan fingerprint density at radius 2 is 1.52 bits per heavy atom. The zero-order chi connectivity index (χ0) is 13.8. The highest BCUT2D eigenvalue weighted by atomic mass is 14.2. The minimum Gasteiger partial charge on any atom is -0.0616 e. The summed E-state index contributed by atoms with van der Waals surface area (Å²) >= 11 is 0.